The largest absolute Gasteiger partial charge is 0.372 e. The van der Waals surface area contributed by atoms with E-state index in [0.717, 1.165) is 0 Å². The molecule has 1 heterocycles. The Labute approximate surface area is 98.2 Å². The fourth-order valence-corrected chi connectivity index (χ4v) is 1.88. The number of nitrogens with zero attached hydrogens (tertiary/aromatic N) is 1. The molecule has 1 rings (SSSR count). The quantitative estimate of drug-likeness (QED) is 0.624. The molecule has 1 saturated heterocycles. The number of amides is 1. The minimum absolute atomic E-state index is 0.0185. The van der Waals surface area contributed by atoms with Crippen molar-refractivity contribution in [1.29, 1.82) is 0 Å². The van der Waals surface area contributed by atoms with Crippen LogP contribution in [0.3, 0.4) is 0 Å². The third kappa shape index (κ3) is 3.16. The van der Waals surface area contributed by atoms with Crippen molar-refractivity contribution in [3.8, 4) is 0 Å². The monoisotopic (exact) mass is 259 g/mol. The van der Waals surface area contributed by atoms with Gasteiger partial charge in [-0.1, -0.05) is 34.8 Å². The maximum atomic E-state index is 11.6. The zero-order valence-corrected chi connectivity index (χ0v) is 10.2. The van der Waals surface area contributed by atoms with Crippen LogP contribution in [-0.4, -0.2) is 39.9 Å². The second-order valence-electron chi connectivity index (χ2n) is 3.47. The van der Waals surface area contributed by atoms with E-state index in [1.807, 2.05) is 13.8 Å². The Hall–Kier alpha value is 0.300. The van der Waals surface area contributed by atoms with Gasteiger partial charge in [-0.15, -0.1) is 0 Å². The molecule has 0 aromatic carbocycles. The molecule has 1 aliphatic heterocycles. The molecule has 6 heteroatoms. The van der Waals surface area contributed by atoms with Crippen molar-refractivity contribution in [3.05, 3.63) is 0 Å². The highest BCUT2D eigenvalue weighted by atomic mass is 35.6. The summed E-state index contributed by atoms with van der Waals surface area (Å²) in [5, 5.41) is 0. The van der Waals surface area contributed by atoms with Crippen LogP contribution in [-0.2, 0) is 9.53 Å². The molecule has 2 atom stereocenters. The third-order valence-corrected chi connectivity index (χ3v) is 2.43. The summed E-state index contributed by atoms with van der Waals surface area (Å²) in [5.41, 5.74) is 0. The molecule has 0 bridgehead atoms. The van der Waals surface area contributed by atoms with Gasteiger partial charge in [-0.3, -0.25) is 4.79 Å². The number of carbonyl (C=O) groups is 1. The van der Waals surface area contributed by atoms with Crippen molar-refractivity contribution >= 4 is 40.7 Å². The van der Waals surface area contributed by atoms with E-state index in [1.165, 1.54) is 4.90 Å². The number of ether oxygens (including phenoxy) is 1. The summed E-state index contributed by atoms with van der Waals surface area (Å²) in [5.74, 6) is -0.482. The van der Waals surface area contributed by atoms with E-state index in [4.69, 9.17) is 39.5 Å². The lowest BCUT2D eigenvalue weighted by atomic mass is 10.2. The van der Waals surface area contributed by atoms with E-state index in [1.54, 1.807) is 0 Å². The van der Waals surface area contributed by atoms with Crippen LogP contribution >= 0.6 is 34.8 Å². The summed E-state index contributed by atoms with van der Waals surface area (Å²) in [6.07, 6.45) is -0.0369. The van der Waals surface area contributed by atoms with Crippen LogP contribution in [0.15, 0.2) is 0 Å². The van der Waals surface area contributed by atoms with Crippen molar-refractivity contribution in [2.45, 2.75) is 29.8 Å². The average Bonchev–Trinajstić information content (AvgIpc) is 1.99. The molecule has 0 saturated carbocycles. The topological polar surface area (TPSA) is 29.5 Å². The normalized spacial score (nSPS) is 29.1. The maximum Gasteiger partial charge on any atom is 0.274 e. The summed E-state index contributed by atoms with van der Waals surface area (Å²) in [4.78, 5) is 13.1. The molecule has 0 unspecified atom stereocenters. The molecule has 1 fully saturated rings. The molecule has 3 nitrogen and oxygen atoms in total. The molecule has 0 radical (unpaired) electrons. The summed E-state index contributed by atoms with van der Waals surface area (Å²) < 4.78 is 3.59. The highest BCUT2D eigenvalue weighted by Crippen LogP contribution is 2.29. The van der Waals surface area contributed by atoms with Gasteiger partial charge in [0, 0.05) is 13.1 Å². The zero-order chi connectivity index (χ0) is 10.9. The van der Waals surface area contributed by atoms with Crippen LogP contribution < -0.4 is 0 Å². The number of alkyl halides is 3. The zero-order valence-electron chi connectivity index (χ0n) is 7.97. The highest BCUT2D eigenvalue weighted by Gasteiger charge is 2.38. The molecule has 1 aliphatic rings. The third-order valence-electron chi connectivity index (χ3n) is 1.95. The first-order valence-corrected chi connectivity index (χ1v) is 5.45. The Morgan fingerprint density at radius 2 is 1.71 bits per heavy atom. The Bertz CT molecular complexity index is 219. The van der Waals surface area contributed by atoms with Crippen molar-refractivity contribution in [1.82, 2.24) is 4.90 Å². The van der Waals surface area contributed by atoms with Gasteiger partial charge >= 0.3 is 0 Å². The van der Waals surface area contributed by atoms with Crippen LogP contribution in [0.5, 0.6) is 0 Å². The number of morpholine rings is 1. The molecule has 1 amide bonds. The number of carbonyl (C=O) groups excluding carboxylic acids is 1. The first-order chi connectivity index (χ1) is 6.30. The van der Waals surface area contributed by atoms with Crippen molar-refractivity contribution in [2.24, 2.45) is 0 Å². The summed E-state index contributed by atoms with van der Waals surface area (Å²) in [6.45, 7) is 4.71. The number of halogens is 3. The molecule has 0 aromatic rings. The number of hydrogen-bond acceptors (Lipinski definition) is 2. The van der Waals surface area contributed by atoms with E-state index >= 15 is 0 Å². The second-order valence-corrected chi connectivity index (χ2v) is 5.75. The molecule has 0 spiro atoms. The maximum absolute atomic E-state index is 11.6. The van der Waals surface area contributed by atoms with E-state index in [2.05, 4.69) is 0 Å². The minimum Gasteiger partial charge on any atom is -0.372 e. The lowest BCUT2D eigenvalue weighted by Crippen LogP contribution is -2.51. The smallest absolute Gasteiger partial charge is 0.274 e. The summed E-state index contributed by atoms with van der Waals surface area (Å²) >= 11 is 16.5. The molecule has 0 N–H and O–H groups in total. The predicted octanol–water partition coefficient (Wildman–Crippen LogP) is 1.99. The van der Waals surface area contributed by atoms with Crippen LogP contribution in [0.2, 0.25) is 0 Å². The fraction of sp³-hybridized carbons (Fsp3) is 0.875. The van der Waals surface area contributed by atoms with Crippen LogP contribution in [0.1, 0.15) is 13.8 Å². The van der Waals surface area contributed by atoms with Gasteiger partial charge in [0.05, 0.1) is 12.2 Å². The SMILES string of the molecule is C[C@H]1CN(C(=O)C(Cl)(Cl)Cl)C[C@H](C)O1. The van der Waals surface area contributed by atoms with Crippen molar-refractivity contribution in [2.75, 3.05) is 13.1 Å². The molecular formula is C8H12Cl3NO2. The Morgan fingerprint density at radius 1 is 1.29 bits per heavy atom. The van der Waals surface area contributed by atoms with Gasteiger partial charge in [0.2, 0.25) is 0 Å². The lowest BCUT2D eigenvalue weighted by molar-refractivity contribution is -0.142. The lowest BCUT2D eigenvalue weighted by Gasteiger charge is -2.36. The molecule has 82 valence electrons. The second kappa shape index (κ2) is 4.44. The predicted molar refractivity (Wildman–Crippen MR) is 56.9 cm³/mol. The summed E-state index contributed by atoms with van der Waals surface area (Å²) in [6, 6.07) is 0. The Kier molecular flexibility index (Phi) is 3.92. The number of hydrogen-bond donors (Lipinski definition) is 0. The average molecular weight is 261 g/mol. The number of rotatable bonds is 0. The fourth-order valence-electron chi connectivity index (χ4n) is 1.52. The first-order valence-electron chi connectivity index (χ1n) is 4.32. The molecular weight excluding hydrogens is 248 g/mol. The van der Waals surface area contributed by atoms with E-state index < -0.39 is 9.70 Å². The van der Waals surface area contributed by atoms with Gasteiger partial charge in [-0.25, -0.2) is 0 Å². The molecule has 14 heavy (non-hydrogen) atoms. The first kappa shape index (κ1) is 12.4. The van der Waals surface area contributed by atoms with Crippen molar-refractivity contribution < 1.29 is 9.53 Å². The molecule has 0 aliphatic carbocycles. The van der Waals surface area contributed by atoms with E-state index in [-0.39, 0.29) is 12.2 Å². The van der Waals surface area contributed by atoms with E-state index in [0.29, 0.717) is 13.1 Å². The van der Waals surface area contributed by atoms with Gasteiger partial charge in [-0.2, -0.15) is 0 Å². The Morgan fingerprint density at radius 3 is 2.07 bits per heavy atom. The standard InChI is InChI=1S/C8H12Cl3NO2/c1-5-3-12(4-6(2)14-5)7(13)8(9,10)11/h5-6H,3-4H2,1-2H3/t5-,6-/m0/s1. The summed E-state index contributed by atoms with van der Waals surface area (Å²) in [7, 11) is 0. The van der Waals surface area contributed by atoms with Crippen LogP contribution in [0.4, 0.5) is 0 Å². The van der Waals surface area contributed by atoms with Gasteiger partial charge < -0.3 is 9.64 Å². The molecule has 0 aromatic heterocycles. The van der Waals surface area contributed by atoms with Crippen LogP contribution in [0.25, 0.3) is 0 Å². The van der Waals surface area contributed by atoms with Crippen LogP contribution in [0, 0.1) is 0 Å². The van der Waals surface area contributed by atoms with Gasteiger partial charge in [-0.05, 0) is 13.8 Å². The van der Waals surface area contributed by atoms with Crippen molar-refractivity contribution in [3.63, 3.8) is 0 Å². The van der Waals surface area contributed by atoms with Gasteiger partial charge in [0.1, 0.15) is 0 Å². The van der Waals surface area contributed by atoms with Gasteiger partial charge in [0.15, 0.2) is 0 Å². The minimum atomic E-state index is -1.86. The Balaban J connectivity index is 2.64. The highest BCUT2D eigenvalue weighted by molar-refractivity contribution is 6.76. The van der Waals surface area contributed by atoms with E-state index in [9.17, 15) is 4.79 Å². The van der Waals surface area contributed by atoms with Gasteiger partial charge in [0.25, 0.3) is 9.70 Å².